The summed E-state index contributed by atoms with van der Waals surface area (Å²) in [7, 11) is 0. The summed E-state index contributed by atoms with van der Waals surface area (Å²) in [5.74, 6) is 2.97. The largest absolute Gasteiger partial charge is 0.486 e. The third-order valence-electron chi connectivity index (χ3n) is 3.62. The van der Waals surface area contributed by atoms with Gasteiger partial charge in [0.25, 0.3) is 5.22 Å². The zero-order valence-corrected chi connectivity index (χ0v) is 13.8. The lowest BCUT2D eigenvalue weighted by Crippen LogP contribution is -2.15. The van der Waals surface area contributed by atoms with Crippen LogP contribution in [0.25, 0.3) is 0 Å². The van der Waals surface area contributed by atoms with Crippen LogP contribution in [0.4, 0.5) is 0 Å². The fraction of sp³-hybridized carbons (Fsp3) is 0.222. The molecule has 122 valence electrons. The van der Waals surface area contributed by atoms with Crippen LogP contribution in [0.5, 0.6) is 11.5 Å². The number of hydrogen-bond donors (Lipinski definition) is 0. The molecule has 0 bridgehead atoms. The molecule has 24 heavy (non-hydrogen) atoms. The van der Waals surface area contributed by atoms with Crippen molar-refractivity contribution in [3.8, 4) is 11.5 Å². The highest BCUT2D eigenvalue weighted by molar-refractivity contribution is 7.98. The first-order chi connectivity index (χ1) is 11.9. The van der Waals surface area contributed by atoms with E-state index >= 15 is 0 Å². The van der Waals surface area contributed by atoms with Gasteiger partial charge in [-0.1, -0.05) is 48.2 Å². The van der Waals surface area contributed by atoms with Crippen molar-refractivity contribution in [2.45, 2.75) is 17.4 Å². The van der Waals surface area contributed by atoms with E-state index in [4.69, 9.17) is 13.9 Å². The molecule has 1 aromatic heterocycles. The van der Waals surface area contributed by atoms with Gasteiger partial charge in [-0.15, -0.1) is 10.2 Å². The Balaban J connectivity index is 1.38. The van der Waals surface area contributed by atoms with Crippen molar-refractivity contribution in [1.82, 2.24) is 10.2 Å². The molecule has 0 atom stereocenters. The van der Waals surface area contributed by atoms with E-state index in [2.05, 4.69) is 10.2 Å². The van der Waals surface area contributed by atoms with Crippen molar-refractivity contribution in [1.29, 1.82) is 0 Å². The molecule has 0 aliphatic carbocycles. The minimum Gasteiger partial charge on any atom is -0.486 e. The predicted octanol–water partition coefficient (Wildman–Crippen LogP) is 3.72. The smallest absolute Gasteiger partial charge is 0.276 e. The number of fused-ring (bicyclic) bond motifs is 1. The number of ether oxygens (including phenoxy) is 2. The lowest BCUT2D eigenvalue weighted by molar-refractivity contribution is 0.171. The van der Waals surface area contributed by atoms with Gasteiger partial charge in [-0.05, 0) is 23.3 Å². The minimum atomic E-state index is 0.579. The number of rotatable bonds is 5. The Hall–Kier alpha value is -2.47. The number of nitrogens with zero attached hydrogens (tertiary/aromatic N) is 2. The third kappa shape index (κ3) is 3.54. The van der Waals surface area contributed by atoms with Crippen molar-refractivity contribution in [2.75, 3.05) is 13.2 Å². The Bertz CT molecular complexity index is 820. The van der Waals surface area contributed by atoms with Crippen LogP contribution in [0.3, 0.4) is 0 Å². The van der Waals surface area contributed by atoms with Gasteiger partial charge >= 0.3 is 0 Å². The van der Waals surface area contributed by atoms with E-state index in [0.29, 0.717) is 30.7 Å². The summed E-state index contributed by atoms with van der Waals surface area (Å²) in [6.07, 6.45) is 0.651. The second kappa shape index (κ2) is 6.97. The molecular formula is C18H16N2O3S. The first-order valence-electron chi connectivity index (χ1n) is 7.74. The molecule has 0 radical (unpaired) electrons. The number of thioether (sulfide) groups is 1. The van der Waals surface area contributed by atoms with Crippen LogP contribution in [0, 0.1) is 0 Å². The first-order valence-corrected chi connectivity index (χ1v) is 8.73. The topological polar surface area (TPSA) is 57.4 Å². The van der Waals surface area contributed by atoms with Crippen LogP contribution >= 0.6 is 11.8 Å². The normalized spacial score (nSPS) is 13.0. The monoisotopic (exact) mass is 340 g/mol. The summed E-state index contributed by atoms with van der Waals surface area (Å²) in [6, 6.07) is 16.1. The Morgan fingerprint density at radius 3 is 2.58 bits per heavy atom. The molecule has 2 heterocycles. The zero-order chi connectivity index (χ0) is 16.2. The van der Waals surface area contributed by atoms with E-state index < -0.39 is 0 Å². The van der Waals surface area contributed by atoms with E-state index in [-0.39, 0.29) is 0 Å². The molecule has 0 saturated heterocycles. The van der Waals surface area contributed by atoms with Gasteiger partial charge in [0.15, 0.2) is 11.5 Å². The van der Waals surface area contributed by atoms with Crippen LogP contribution in [0.15, 0.2) is 58.2 Å². The van der Waals surface area contributed by atoms with Gasteiger partial charge in [-0.3, -0.25) is 0 Å². The van der Waals surface area contributed by atoms with Crippen molar-refractivity contribution >= 4 is 11.8 Å². The van der Waals surface area contributed by atoms with Gasteiger partial charge in [0.05, 0.1) is 6.42 Å². The van der Waals surface area contributed by atoms with Crippen LogP contribution in [0.2, 0.25) is 0 Å². The molecule has 4 rings (SSSR count). The quantitative estimate of drug-likeness (QED) is 0.660. The molecule has 0 spiro atoms. The summed E-state index contributed by atoms with van der Waals surface area (Å²) in [6.45, 7) is 1.20. The number of benzene rings is 2. The maximum absolute atomic E-state index is 5.71. The molecule has 2 aromatic carbocycles. The summed E-state index contributed by atoms with van der Waals surface area (Å²) in [5.41, 5.74) is 2.29. The molecule has 1 aliphatic heterocycles. The number of aromatic nitrogens is 2. The highest BCUT2D eigenvalue weighted by Gasteiger charge is 2.13. The summed E-state index contributed by atoms with van der Waals surface area (Å²) < 4.78 is 16.8. The SMILES string of the molecule is c1ccc(Cc2nnc(SCc3ccc4c(c3)OCCO4)o2)cc1. The Kier molecular flexibility index (Phi) is 4.38. The van der Waals surface area contributed by atoms with E-state index in [9.17, 15) is 0 Å². The fourth-order valence-corrected chi connectivity index (χ4v) is 3.18. The molecule has 0 N–H and O–H groups in total. The van der Waals surface area contributed by atoms with Crippen molar-refractivity contribution in [2.24, 2.45) is 0 Å². The van der Waals surface area contributed by atoms with Gasteiger partial charge in [0.2, 0.25) is 5.89 Å². The Labute approximate surface area is 144 Å². The molecule has 3 aromatic rings. The summed E-state index contributed by atoms with van der Waals surface area (Å²) in [5, 5.41) is 8.80. The molecule has 0 unspecified atom stereocenters. The summed E-state index contributed by atoms with van der Waals surface area (Å²) in [4.78, 5) is 0. The third-order valence-corrected chi connectivity index (χ3v) is 4.50. The average molecular weight is 340 g/mol. The zero-order valence-electron chi connectivity index (χ0n) is 13.0. The van der Waals surface area contributed by atoms with Crippen LogP contribution in [-0.4, -0.2) is 23.4 Å². The molecule has 1 aliphatic rings. The van der Waals surface area contributed by atoms with E-state index in [1.807, 2.05) is 48.5 Å². The van der Waals surface area contributed by atoms with Gasteiger partial charge in [0, 0.05) is 5.75 Å². The van der Waals surface area contributed by atoms with E-state index in [0.717, 1.165) is 28.4 Å². The van der Waals surface area contributed by atoms with Crippen LogP contribution in [0.1, 0.15) is 17.0 Å². The minimum absolute atomic E-state index is 0.579. The number of hydrogen-bond acceptors (Lipinski definition) is 6. The summed E-state index contributed by atoms with van der Waals surface area (Å²) >= 11 is 1.52. The van der Waals surface area contributed by atoms with Gasteiger partial charge < -0.3 is 13.9 Å². The Morgan fingerprint density at radius 2 is 1.71 bits per heavy atom. The standard InChI is InChI=1S/C18H16N2O3S/c1-2-4-13(5-3-1)11-17-19-20-18(23-17)24-12-14-6-7-15-16(10-14)22-9-8-21-15/h1-7,10H,8-9,11-12H2. The molecule has 5 nitrogen and oxygen atoms in total. The van der Waals surface area contributed by atoms with Crippen LogP contribution in [-0.2, 0) is 12.2 Å². The van der Waals surface area contributed by atoms with Gasteiger partial charge in [-0.2, -0.15) is 0 Å². The maximum Gasteiger partial charge on any atom is 0.276 e. The van der Waals surface area contributed by atoms with Crippen molar-refractivity contribution < 1.29 is 13.9 Å². The Morgan fingerprint density at radius 1 is 0.875 bits per heavy atom. The van der Waals surface area contributed by atoms with Gasteiger partial charge in [-0.25, -0.2) is 0 Å². The molecule has 0 amide bonds. The lowest BCUT2D eigenvalue weighted by atomic mass is 10.2. The molecule has 0 saturated carbocycles. The van der Waals surface area contributed by atoms with Gasteiger partial charge in [0.1, 0.15) is 13.2 Å². The highest BCUT2D eigenvalue weighted by atomic mass is 32.2. The van der Waals surface area contributed by atoms with Crippen molar-refractivity contribution in [3.05, 3.63) is 65.5 Å². The first kappa shape index (κ1) is 15.1. The second-order valence-electron chi connectivity index (χ2n) is 5.39. The second-order valence-corrected chi connectivity index (χ2v) is 6.32. The van der Waals surface area contributed by atoms with Crippen molar-refractivity contribution in [3.63, 3.8) is 0 Å². The average Bonchev–Trinajstić information content (AvgIpc) is 3.08. The lowest BCUT2D eigenvalue weighted by Gasteiger charge is -2.18. The highest BCUT2D eigenvalue weighted by Crippen LogP contribution is 2.32. The van der Waals surface area contributed by atoms with E-state index in [1.54, 1.807) is 0 Å². The molecular weight excluding hydrogens is 324 g/mol. The van der Waals surface area contributed by atoms with Crippen LogP contribution < -0.4 is 9.47 Å². The predicted molar refractivity (Wildman–Crippen MR) is 90.5 cm³/mol. The maximum atomic E-state index is 5.71. The molecule has 0 fully saturated rings. The fourth-order valence-electron chi connectivity index (χ4n) is 2.46. The van der Waals surface area contributed by atoms with E-state index in [1.165, 1.54) is 11.8 Å². The molecule has 6 heteroatoms.